The molecule has 0 aliphatic rings. The van der Waals surface area contributed by atoms with Gasteiger partial charge < -0.3 is 15.2 Å². The second kappa shape index (κ2) is 5.36. The minimum Gasteiger partial charge on any atom is -0.507 e. The van der Waals surface area contributed by atoms with Crippen molar-refractivity contribution in [2.45, 2.75) is 0 Å². The molecule has 18 heavy (non-hydrogen) atoms. The fraction of sp³-hybridized carbons (Fsp3) is 0.0909. The van der Waals surface area contributed by atoms with Crippen LogP contribution in [0.4, 0.5) is 5.00 Å². The summed E-state index contributed by atoms with van der Waals surface area (Å²) >= 11 is 4.32. The molecule has 0 aliphatic carbocycles. The summed E-state index contributed by atoms with van der Waals surface area (Å²) in [6.45, 7) is 0. The fourth-order valence-corrected chi connectivity index (χ4v) is 2.25. The number of methoxy groups -OCH3 is 1. The van der Waals surface area contributed by atoms with E-state index >= 15 is 0 Å². The molecule has 2 rings (SSSR count). The van der Waals surface area contributed by atoms with Crippen LogP contribution in [0.1, 0.15) is 10.4 Å². The van der Waals surface area contributed by atoms with Crippen molar-refractivity contribution in [2.24, 2.45) is 0 Å². The van der Waals surface area contributed by atoms with Gasteiger partial charge in [0.1, 0.15) is 10.8 Å². The molecule has 0 unspecified atom stereocenters. The highest BCUT2D eigenvalue weighted by molar-refractivity contribution is 9.10. The van der Waals surface area contributed by atoms with Crippen LogP contribution in [0.15, 0.2) is 28.7 Å². The van der Waals surface area contributed by atoms with Crippen molar-refractivity contribution in [1.29, 1.82) is 0 Å². The molecule has 0 saturated carbocycles. The Morgan fingerprint density at radius 1 is 1.50 bits per heavy atom. The van der Waals surface area contributed by atoms with E-state index in [1.165, 1.54) is 19.2 Å². The molecular formula is C11H9BrN2O3S. The van der Waals surface area contributed by atoms with Gasteiger partial charge >= 0.3 is 0 Å². The summed E-state index contributed by atoms with van der Waals surface area (Å²) in [5.74, 6) is -0.0417. The topological polar surface area (TPSA) is 71.5 Å². The highest BCUT2D eigenvalue weighted by atomic mass is 79.9. The number of ether oxygens (including phenoxy) is 1. The lowest BCUT2D eigenvalue weighted by molar-refractivity contribution is 0.102. The maximum Gasteiger partial charge on any atom is 0.260 e. The van der Waals surface area contributed by atoms with Crippen molar-refractivity contribution in [2.75, 3.05) is 12.4 Å². The number of hydrogen-bond donors (Lipinski definition) is 2. The Morgan fingerprint density at radius 2 is 2.28 bits per heavy atom. The second-order valence-corrected chi connectivity index (χ2v) is 5.07. The largest absolute Gasteiger partial charge is 0.507 e. The summed E-state index contributed by atoms with van der Waals surface area (Å²) < 4.78 is 9.57. The van der Waals surface area contributed by atoms with Crippen LogP contribution in [0.5, 0.6) is 11.6 Å². The van der Waals surface area contributed by atoms with E-state index < -0.39 is 5.91 Å². The van der Waals surface area contributed by atoms with Gasteiger partial charge in [0.25, 0.3) is 5.91 Å². The number of rotatable bonds is 3. The van der Waals surface area contributed by atoms with Crippen LogP contribution in [-0.4, -0.2) is 22.5 Å². The number of phenolic OH excluding ortho intramolecular Hbond substituents is 1. The Morgan fingerprint density at radius 3 is 2.89 bits per heavy atom. The molecule has 1 aromatic carbocycles. The molecule has 2 N–H and O–H groups in total. The van der Waals surface area contributed by atoms with Gasteiger partial charge in [-0.2, -0.15) is 4.37 Å². The Labute approximate surface area is 116 Å². The quantitative estimate of drug-likeness (QED) is 0.908. The van der Waals surface area contributed by atoms with Crippen molar-refractivity contribution in [1.82, 2.24) is 4.37 Å². The molecule has 0 radical (unpaired) electrons. The van der Waals surface area contributed by atoms with Gasteiger partial charge in [0, 0.05) is 10.5 Å². The van der Waals surface area contributed by atoms with E-state index in [1.54, 1.807) is 12.1 Å². The first kappa shape index (κ1) is 12.8. The van der Waals surface area contributed by atoms with Crippen LogP contribution in [0, 0.1) is 0 Å². The van der Waals surface area contributed by atoms with E-state index in [9.17, 15) is 9.90 Å². The van der Waals surface area contributed by atoms with Crippen molar-refractivity contribution < 1.29 is 14.6 Å². The number of phenols is 1. The number of nitrogens with one attached hydrogen (secondary N) is 1. The third-order valence-corrected chi connectivity index (χ3v) is 3.32. The lowest BCUT2D eigenvalue weighted by Gasteiger charge is -2.04. The molecule has 1 amide bonds. The number of benzene rings is 1. The minimum absolute atomic E-state index is 0.0849. The van der Waals surface area contributed by atoms with Crippen LogP contribution < -0.4 is 10.1 Å². The van der Waals surface area contributed by atoms with Crippen LogP contribution in [0.3, 0.4) is 0 Å². The number of aromatic nitrogens is 1. The third kappa shape index (κ3) is 2.80. The minimum atomic E-state index is -0.397. The van der Waals surface area contributed by atoms with Crippen LogP contribution >= 0.6 is 27.5 Å². The number of amides is 1. The zero-order chi connectivity index (χ0) is 13.1. The first-order valence-corrected chi connectivity index (χ1v) is 6.47. The molecular weight excluding hydrogens is 320 g/mol. The summed E-state index contributed by atoms with van der Waals surface area (Å²) in [4.78, 5) is 11.9. The van der Waals surface area contributed by atoms with E-state index in [0.717, 1.165) is 11.5 Å². The fourth-order valence-electron chi connectivity index (χ4n) is 1.29. The molecule has 0 fully saturated rings. The first-order valence-electron chi connectivity index (χ1n) is 4.90. The Balaban J connectivity index is 2.16. The lowest BCUT2D eigenvalue weighted by atomic mass is 10.2. The molecule has 94 valence electrons. The van der Waals surface area contributed by atoms with E-state index in [0.29, 0.717) is 15.4 Å². The van der Waals surface area contributed by atoms with Gasteiger partial charge in [-0.1, -0.05) is 15.9 Å². The maximum atomic E-state index is 11.9. The monoisotopic (exact) mass is 328 g/mol. The maximum absolute atomic E-state index is 11.9. The molecule has 0 aliphatic heterocycles. The zero-order valence-electron chi connectivity index (χ0n) is 9.31. The third-order valence-electron chi connectivity index (χ3n) is 2.14. The predicted octanol–water partition coefficient (Wildman–Crippen LogP) is 2.87. The highest BCUT2D eigenvalue weighted by Gasteiger charge is 2.13. The Hall–Kier alpha value is -1.60. The van der Waals surface area contributed by atoms with Crippen LogP contribution in [0.2, 0.25) is 0 Å². The van der Waals surface area contributed by atoms with Crippen molar-refractivity contribution in [3.8, 4) is 11.6 Å². The number of halogens is 1. The van der Waals surface area contributed by atoms with Gasteiger partial charge in [-0.15, -0.1) is 0 Å². The normalized spacial score (nSPS) is 10.1. The van der Waals surface area contributed by atoms with Crippen LogP contribution in [-0.2, 0) is 0 Å². The average molecular weight is 329 g/mol. The number of carbonyl (C=O) groups excluding carboxylic acids is 1. The zero-order valence-corrected chi connectivity index (χ0v) is 11.7. The lowest BCUT2D eigenvalue weighted by Crippen LogP contribution is -2.10. The van der Waals surface area contributed by atoms with Gasteiger partial charge in [-0.25, -0.2) is 0 Å². The molecule has 1 aromatic heterocycles. The number of nitrogens with zero attached hydrogens (tertiary/aromatic N) is 1. The molecule has 0 bridgehead atoms. The highest BCUT2D eigenvalue weighted by Crippen LogP contribution is 2.25. The summed E-state index contributed by atoms with van der Waals surface area (Å²) in [6, 6.07) is 6.29. The van der Waals surface area contributed by atoms with Gasteiger partial charge in [0.2, 0.25) is 5.88 Å². The summed E-state index contributed by atoms with van der Waals surface area (Å²) in [5, 5.41) is 12.9. The van der Waals surface area contributed by atoms with Gasteiger partial charge in [-0.05, 0) is 29.7 Å². The van der Waals surface area contributed by atoms with Crippen molar-refractivity contribution in [3.05, 3.63) is 34.3 Å². The number of aromatic hydroxyl groups is 1. The molecule has 0 saturated heterocycles. The molecule has 0 spiro atoms. The molecule has 5 nitrogen and oxygen atoms in total. The second-order valence-electron chi connectivity index (χ2n) is 3.35. The standard InChI is InChI=1S/C11H9BrN2O3S/c1-17-9-5-10(18-14-9)13-11(16)7-3-2-6(12)4-8(7)15/h2-5,15H,1H3,(H,13,16). The Kier molecular flexibility index (Phi) is 3.83. The summed E-state index contributed by atoms with van der Waals surface area (Å²) in [5.41, 5.74) is 0.200. The number of anilines is 1. The summed E-state index contributed by atoms with van der Waals surface area (Å²) in [7, 11) is 1.50. The van der Waals surface area contributed by atoms with E-state index in [1.807, 2.05) is 0 Å². The first-order chi connectivity index (χ1) is 8.60. The SMILES string of the molecule is COc1cc(NC(=O)c2ccc(Br)cc2O)sn1. The van der Waals surface area contributed by atoms with E-state index in [4.69, 9.17) is 4.74 Å². The number of hydrogen-bond acceptors (Lipinski definition) is 5. The van der Waals surface area contributed by atoms with Crippen molar-refractivity contribution in [3.63, 3.8) is 0 Å². The van der Waals surface area contributed by atoms with Crippen LogP contribution in [0.25, 0.3) is 0 Å². The summed E-state index contributed by atoms with van der Waals surface area (Å²) in [6.07, 6.45) is 0. The van der Waals surface area contributed by atoms with Gasteiger partial charge in [0.15, 0.2) is 0 Å². The van der Waals surface area contributed by atoms with Crippen molar-refractivity contribution >= 4 is 38.4 Å². The molecule has 0 atom stereocenters. The van der Waals surface area contributed by atoms with Gasteiger partial charge in [0.05, 0.1) is 12.7 Å². The smallest absolute Gasteiger partial charge is 0.260 e. The Bertz CT molecular complexity index is 585. The predicted molar refractivity (Wildman–Crippen MR) is 72.4 cm³/mol. The van der Waals surface area contributed by atoms with E-state index in [-0.39, 0.29) is 11.3 Å². The molecule has 1 heterocycles. The van der Waals surface area contributed by atoms with E-state index in [2.05, 4.69) is 25.6 Å². The molecule has 7 heteroatoms. The average Bonchev–Trinajstić information content (AvgIpc) is 2.76. The molecule has 2 aromatic rings. The number of carbonyl (C=O) groups is 1. The van der Waals surface area contributed by atoms with Gasteiger partial charge in [-0.3, -0.25) is 4.79 Å².